The Kier molecular flexibility index (Phi) is 2.47. The summed E-state index contributed by atoms with van der Waals surface area (Å²) in [5.74, 6) is 0. The average molecular weight is 190 g/mol. The molecule has 0 radical (unpaired) electrons. The molecule has 0 saturated carbocycles. The Bertz CT molecular complexity index is 369. The van der Waals surface area contributed by atoms with Gasteiger partial charge in [-0.05, 0) is 17.7 Å². The fourth-order valence-electron chi connectivity index (χ4n) is 1.13. The van der Waals surface area contributed by atoms with Gasteiger partial charge in [-0.1, -0.05) is 24.3 Å². The monoisotopic (exact) mass is 190 g/mol. The summed E-state index contributed by atoms with van der Waals surface area (Å²) in [4.78, 5) is 1.18. The van der Waals surface area contributed by atoms with Crippen molar-refractivity contribution in [2.24, 2.45) is 10.1 Å². The second-order valence-corrected chi connectivity index (χ2v) is 3.55. The van der Waals surface area contributed by atoms with Crippen molar-refractivity contribution in [1.29, 1.82) is 0 Å². The van der Waals surface area contributed by atoms with Gasteiger partial charge in [-0.15, -0.1) is 0 Å². The van der Waals surface area contributed by atoms with Crippen LogP contribution in [0.15, 0.2) is 39.6 Å². The Labute approximate surface area is 81.7 Å². The minimum absolute atomic E-state index is 0.498. The van der Waals surface area contributed by atoms with Gasteiger partial charge >= 0.3 is 0 Å². The van der Waals surface area contributed by atoms with Gasteiger partial charge in [-0.2, -0.15) is 0 Å². The van der Waals surface area contributed by atoms with E-state index in [0.29, 0.717) is 6.54 Å². The maximum Gasteiger partial charge on any atom is 0.0627 e. The third-order valence-electron chi connectivity index (χ3n) is 1.84. The molecule has 1 aromatic rings. The van der Waals surface area contributed by atoms with Crippen LogP contribution in [0.4, 0.5) is 0 Å². The van der Waals surface area contributed by atoms with Crippen molar-refractivity contribution >= 4 is 23.7 Å². The van der Waals surface area contributed by atoms with Crippen molar-refractivity contribution < 1.29 is 0 Å². The van der Waals surface area contributed by atoms with Crippen molar-refractivity contribution in [2.45, 2.75) is 4.90 Å². The maximum absolute atomic E-state index is 5.51. The number of benzene rings is 1. The number of hydrogen-bond acceptors (Lipinski definition) is 3. The summed E-state index contributed by atoms with van der Waals surface area (Å²) in [6.07, 6.45) is 4.03. The van der Waals surface area contributed by atoms with Gasteiger partial charge in [0.1, 0.15) is 0 Å². The lowest BCUT2D eigenvalue weighted by atomic mass is 10.2. The summed E-state index contributed by atoms with van der Waals surface area (Å²) in [6.45, 7) is 0.498. The van der Waals surface area contributed by atoms with E-state index in [1.807, 2.05) is 18.2 Å². The number of nitrogens with two attached hydrogens (primary N) is 1. The van der Waals surface area contributed by atoms with Crippen LogP contribution in [-0.2, 0) is 0 Å². The lowest BCUT2D eigenvalue weighted by Crippen LogP contribution is -2.09. The number of fused-ring (bicyclic) bond motifs is 1. The lowest BCUT2D eigenvalue weighted by molar-refractivity contribution is 1.32. The van der Waals surface area contributed by atoms with E-state index in [1.165, 1.54) is 22.4 Å². The molecule has 1 aromatic carbocycles. The molecule has 0 aliphatic carbocycles. The quantitative estimate of drug-likeness (QED) is 0.689. The zero-order valence-corrected chi connectivity index (χ0v) is 7.92. The molecule has 1 heterocycles. The predicted molar refractivity (Wildman–Crippen MR) is 57.8 cm³/mol. The zero-order chi connectivity index (χ0) is 9.10. The van der Waals surface area contributed by atoms with Crippen LogP contribution >= 0.6 is 11.9 Å². The summed E-state index contributed by atoms with van der Waals surface area (Å²) in [6, 6.07) is 8.18. The molecule has 2 N–H and O–H groups in total. The Morgan fingerprint density at radius 1 is 1.23 bits per heavy atom. The van der Waals surface area contributed by atoms with Crippen LogP contribution in [0.25, 0.3) is 6.08 Å². The Hall–Kier alpha value is -1.06. The second kappa shape index (κ2) is 3.77. The molecule has 0 aromatic heterocycles. The van der Waals surface area contributed by atoms with Crippen molar-refractivity contribution in [2.75, 3.05) is 6.54 Å². The van der Waals surface area contributed by atoms with Crippen molar-refractivity contribution in [3.05, 3.63) is 35.9 Å². The molecule has 0 atom stereocenters. The van der Waals surface area contributed by atoms with Crippen LogP contribution in [-0.4, -0.2) is 12.3 Å². The molecule has 13 heavy (non-hydrogen) atoms. The number of nitrogens with zero attached hydrogens (tertiary/aromatic N) is 1. The normalized spacial score (nSPS) is 14.7. The first kappa shape index (κ1) is 8.53. The summed E-state index contributed by atoms with van der Waals surface area (Å²) < 4.78 is 4.30. The van der Waals surface area contributed by atoms with Crippen molar-refractivity contribution in [1.82, 2.24) is 0 Å². The van der Waals surface area contributed by atoms with E-state index in [9.17, 15) is 0 Å². The molecule has 2 rings (SSSR count). The van der Waals surface area contributed by atoms with Gasteiger partial charge < -0.3 is 5.73 Å². The molecule has 1 aliphatic heterocycles. The number of rotatable bonds is 1. The molecular formula is C10H10N2S. The standard InChI is InChI=1S/C10H10N2S/c11-7-9-6-5-8-3-1-2-4-10(8)13-12-9/h1-6H,7,11H2. The summed E-state index contributed by atoms with van der Waals surface area (Å²) in [7, 11) is 0. The van der Waals surface area contributed by atoms with Crippen LogP contribution in [0.3, 0.4) is 0 Å². The van der Waals surface area contributed by atoms with E-state index in [4.69, 9.17) is 5.73 Å². The van der Waals surface area contributed by atoms with E-state index in [0.717, 1.165) is 5.71 Å². The van der Waals surface area contributed by atoms with Gasteiger partial charge in [0.2, 0.25) is 0 Å². The highest BCUT2D eigenvalue weighted by Crippen LogP contribution is 2.26. The molecule has 0 unspecified atom stereocenters. The van der Waals surface area contributed by atoms with Gasteiger partial charge in [0.15, 0.2) is 0 Å². The van der Waals surface area contributed by atoms with Crippen molar-refractivity contribution in [3.63, 3.8) is 0 Å². The summed E-state index contributed by atoms with van der Waals surface area (Å²) in [5, 5.41) is 0. The third kappa shape index (κ3) is 1.82. The van der Waals surface area contributed by atoms with Gasteiger partial charge in [-0.25, -0.2) is 4.40 Å². The largest absolute Gasteiger partial charge is 0.325 e. The average Bonchev–Trinajstić information content (AvgIpc) is 2.39. The van der Waals surface area contributed by atoms with Crippen LogP contribution < -0.4 is 5.73 Å². The van der Waals surface area contributed by atoms with Crippen LogP contribution in [0.2, 0.25) is 0 Å². The molecular weight excluding hydrogens is 180 g/mol. The highest BCUT2D eigenvalue weighted by molar-refractivity contribution is 7.98. The molecule has 0 amide bonds. The van der Waals surface area contributed by atoms with Crippen molar-refractivity contribution in [3.8, 4) is 0 Å². The molecule has 0 bridgehead atoms. The fraction of sp³-hybridized carbons (Fsp3) is 0.100. The molecule has 66 valence electrons. The molecule has 3 heteroatoms. The summed E-state index contributed by atoms with van der Waals surface area (Å²) in [5.41, 5.74) is 7.65. The second-order valence-electron chi connectivity index (χ2n) is 2.75. The van der Waals surface area contributed by atoms with Crippen LogP contribution in [0.5, 0.6) is 0 Å². The predicted octanol–water partition coefficient (Wildman–Crippen LogP) is 2.12. The highest BCUT2D eigenvalue weighted by Gasteiger charge is 2.03. The van der Waals surface area contributed by atoms with Gasteiger partial charge in [0, 0.05) is 23.4 Å². The first-order valence-electron chi connectivity index (χ1n) is 4.11. The van der Waals surface area contributed by atoms with Crippen LogP contribution in [0.1, 0.15) is 5.56 Å². The van der Waals surface area contributed by atoms with E-state index in [1.54, 1.807) is 0 Å². The first-order chi connectivity index (χ1) is 6.40. The molecule has 0 saturated heterocycles. The molecule has 2 nitrogen and oxygen atoms in total. The molecule has 1 aliphatic rings. The Balaban J connectivity index is 2.39. The fourth-order valence-corrected chi connectivity index (χ4v) is 1.86. The molecule has 0 spiro atoms. The SMILES string of the molecule is NCC1=NSc2ccccc2C=C1. The number of hydrogen-bond donors (Lipinski definition) is 1. The molecule has 0 fully saturated rings. The Morgan fingerprint density at radius 3 is 2.92 bits per heavy atom. The van der Waals surface area contributed by atoms with E-state index in [-0.39, 0.29) is 0 Å². The van der Waals surface area contributed by atoms with E-state index in [2.05, 4.69) is 22.6 Å². The van der Waals surface area contributed by atoms with Gasteiger partial charge in [0.05, 0.1) is 5.71 Å². The lowest BCUT2D eigenvalue weighted by Gasteiger charge is -1.97. The van der Waals surface area contributed by atoms with Gasteiger partial charge in [0.25, 0.3) is 0 Å². The Morgan fingerprint density at radius 2 is 2.08 bits per heavy atom. The zero-order valence-electron chi connectivity index (χ0n) is 7.10. The minimum Gasteiger partial charge on any atom is -0.325 e. The third-order valence-corrected chi connectivity index (χ3v) is 2.74. The van der Waals surface area contributed by atoms with E-state index < -0.39 is 0 Å². The summed E-state index contributed by atoms with van der Waals surface area (Å²) >= 11 is 1.49. The topological polar surface area (TPSA) is 38.4 Å². The maximum atomic E-state index is 5.51. The highest BCUT2D eigenvalue weighted by atomic mass is 32.2. The smallest absolute Gasteiger partial charge is 0.0627 e. The minimum atomic E-state index is 0.498. The van der Waals surface area contributed by atoms with Gasteiger partial charge in [-0.3, -0.25) is 0 Å². The van der Waals surface area contributed by atoms with Crippen LogP contribution in [0, 0.1) is 0 Å². The first-order valence-corrected chi connectivity index (χ1v) is 4.88. The van der Waals surface area contributed by atoms with E-state index >= 15 is 0 Å².